The van der Waals surface area contributed by atoms with Gasteiger partial charge in [-0.2, -0.15) is 0 Å². The maximum Gasteiger partial charge on any atom is 0.173 e. The zero-order valence-electron chi connectivity index (χ0n) is 20.6. The highest BCUT2D eigenvalue weighted by molar-refractivity contribution is 6.08. The van der Waals surface area contributed by atoms with Gasteiger partial charge in [-0.05, 0) is 65.2 Å². The fraction of sp³-hybridized carbons (Fsp3) is 0.133. The molecule has 0 radical (unpaired) electrons. The summed E-state index contributed by atoms with van der Waals surface area (Å²) in [5, 5.41) is 82.6. The van der Waals surface area contributed by atoms with Crippen LogP contribution in [-0.2, 0) is 0 Å². The molecular weight excluding hydrogens is 520 g/mol. The Balaban J connectivity index is 1.81. The summed E-state index contributed by atoms with van der Waals surface area (Å²) in [5.74, 6) is -8.86. The number of carbonyl (C=O) groups is 2. The molecule has 4 aromatic carbocycles. The first-order chi connectivity index (χ1) is 19.0. The van der Waals surface area contributed by atoms with Crippen LogP contribution in [0.3, 0.4) is 0 Å². The first kappa shape index (κ1) is 26.4. The van der Waals surface area contributed by atoms with Gasteiger partial charge in [-0.3, -0.25) is 9.59 Å². The molecule has 0 spiro atoms. The van der Waals surface area contributed by atoms with Gasteiger partial charge in [0.25, 0.3) is 0 Å². The van der Waals surface area contributed by atoms with Gasteiger partial charge < -0.3 is 40.9 Å². The molecule has 0 saturated carbocycles. The van der Waals surface area contributed by atoms with Crippen LogP contribution in [0.25, 0.3) is 0 Å². The van der Waals surface area contributed by atoms with Crippen LogP contribution >= 0.6 is 0 Å². The first-order valence-electron chi connectivity index (χ1n) is 12.1. The van der Waals surface area contributed by atoms with Crippen molar-refractivity contribution in [3.05, 3.63) is 101 Å². The molecule has 10 heteroatoms. The summed E-state index contributed by atoms with van der Waals surface area (Å²) < 4.78 is 0. The third kappa shape index (κ3) is 4.40. The number of carbonyl (C=O) groups excluding carboxylic acids is 2. The van der Waals surface area contributed by atoms with Crippen molar-refractivity contribution in [2.75, 3.05) is 0 Å². The summed E-state index contributed by atoms with van der Waals surface area (Å²) in [7, 11) is 0. The van der Waals surface area contributed by atoms with Gasteiger partial charge in [0, 0.05) is 24.0 Å². The molecule has 0 saturated heterocycles. The fourth-order valence-electron chi connectivity index (χ4n) is 5.43. The van der Waals surface area contributed by atoms with E-state index in [-0.39, 0.29) is 39.5 Å². The van der Waals surface area contributed by atoms with E-state index in [1.807, 2.05) is 0 Å². The van der Waals surface area contributed by atoms with Crippen molar-refractivity contribution in [1.82, 2.24) is 0 Å². The maximum absolute atomic E-state index is 14.2. The molecular formula is C30H24O10. The second-order valence-corrected chi connectivity index (χ2v) is 9.67. The van der Waals surface area contributed by atoms with E-state index in [1.165, 1.54) is 36.4 Å². The van der Waals surface area contributed by atoms with E-state index >= 15 is 0 Å². The normalized spacial score (nSPS) is 20.0. The number of phenols is 7. The SMILES string of the molecule is O=C(c1ccc(O)cc1O)[C@@H]1[C@@H](C(=O)c2ccc(O)cc2O)[C@H](c2ccc(O)cc2)c2cc(O)c(O)cc2[C@@H]1O. The predicted octanol–water partition coefficient (Wildman–Crippen LogP) is 3.80. The van der Waals surface area contributed by atoms with E-state index < -0.39 is 58.4 Å². The average molecular weight is 545 g/mol. The summed E-state index contributed by atoms with van der Waals surface area (Å²) in [6.07, 6.45) is -1.73. The molecule has 40 heavy (non-hydrogen) atoms. The molecule has 0 unspecified atom stereocenters. The maximum atomic E-state index is 14.2. The number of Topliss-reactive ketones (excluding diaryl/α,β-unsaturated/α-hetero) is 2. The van der Waals surface area contributed by atoms with Gasteiger partial charge in [0.05, 0.1) is 23.1 Å². The van der Waals surface area contributed by atoms with Crippen LogP contribution in [-0.4, -0.2) is 52.4 Å². The monoisotopic (exact) mass is 544 g/mol. The summed E-state index contributed by atoms with van der Waals surface area (Å²) in [6, 6.07) is 14.4. The average Bonchev–Trinajstić information content (AvgIpc) is 2.90. The Bertz CT molecular complexity index is 1640. The topological polar surface area (TPSA) is 196 Å². The Morgan fingerprint density at radius 3 is 1.45 bits per heavy atom. The Morgan fingerprint density at radius 2 is 0.950 bits per heavy atom. The minimum absolute atomic E-state index is 0.0315. The predicted molar refractivity (Wildman–Crippen MR) is 140 cm³/mol. The molecule has 5 rings (SSSR count). The summed E-state index contributed by atoms with van der Waals surface area (Å²) >= 11 is 0. The van der Waals surface area contributed by atoms with Crippen LogP contribution in [0.15, 0.2) is 72.8 Å². The van der Waals surface area contributed by atoms with Gasteiger partial charge in [0.2, 0.25) is 0 Å². The summed E-state index contributed by atoms with van der Waals surface area (Å²) in [6.45, 7) is 0. The van der Waals surface area contributed by atoms with Crippen LogP contribution < -0.4 is 0 Å². The Kier molecular flexibility index (Phi) is 6.48. The van der Waals surface area contributed by atoms with Gasteiger partial charge in [-0.25, -0.2) is 0 Å². The number of phenolic OH excluding ortho intramolecular Hbond substituents is 7. The molecule has 0 aromatic heterocycles. The number of hydrogen-bond donors (Lipinski definition) is 8. The fourth-order valence-corrected chi connectivity index (χ4v) is 5.43. The number of hydrogen-bond acceptors (Lipinski definition) is 10. The quantitative estimate of drug-likeness (QED) is 0.135. The molecule has 1 aliphatic carbocycles. The summed E-state index contributed by atoms with van der Waals surface area (Å²) in [5.41, 5.74) is 0.0527. The first-order valence-corrected chi connectivity index (χ1v) is 12.1. The molecule has 0 bridgehead atoms. The van der Waals surface area contributed by atoms with Crippen LogP contribution in [0, 0.1) is 11.8 Å². The molecule has 0 aliphatic heterocycles. The van der Waals surface area contributed by atoms with Crippen molar-refractivity contribution < 1.29 is 50.4 Å². The number of benzene rings is 4. The van der Waals surface area contributed by atoms with Gasteiger partial charge in [-0.1, -0.05) is 12.1 Å². The number of fused-ring (bicyclic) bond motifs is 1. The van der Waals surface area contributed by atoms with E-state index in [0.29, 0.717) is 5.56 Å². The highest BCUT2D eigenvalue weighted by Crippen LogP contribution is 2.53. The van der Waals surface area contributed by atoms with Crippen molar-refractivity contribution in [1.29, 1.82) is 0 Å². The smallest absolute Gasteiger partial charge is 0.173 e. The number of ketones is 2. The largest absolute Gasteiger partial charge is 0.508 e. The molecule has 0 fully saturated rings. The van der Waals surface area contributed by atoms with Crippen molar-refractivity contribution in [2.45, 2.75) is 12.0 Å². The van der Waals surface area contributed by atoms with E-state index in [9.17, 15) is 50.4 Å². The molecule has 204 valence electrons. The Labute approximate surface area is 226 Å². The Morgan fingerprint density at radius 1 is 0.500 bits per heavy atom. The minimum atomic E-state index is -1.73. The van der Waals surface area contributed by atoms with Gasteiger partial charge in [-0.15, -0.1) is 0 Å². The second kappa shape index (κ2) is 9.83. The number of aromatic hydroxyl groups is 7. The van der Waals surface area contributed by atoms with Gasteiger partial charge in [0.1, 0.15) is 28.7 Å². The zero-order valence-corrected chi connectivity index (χ0v) is 20.6. The highest BCUT2D eigenvalue weighted by atomic mass is 16.3. The van der Waals surface area contributed by atoms with Crippen molar-refractivity contribution in [3.8, 4) is 40.2 Å². The molecule has 10 nitrogen and oxygen atoms in total. The lowest BCUT2D eigenvalue weighted by Gasteiger charge is -2.41. The van der Waals surface area contributed by atoms with Crippen LogP contribution in [0.2, 0.25) is 0 Å². The second-order valence-electron chi connectivity index (χ2n) is 9.67. The van der Waals surface area contributed by atoms with E-state index in [1.54, 1.807) is 0 Å². The lowest BCUT2D eigenvalue weighted by Crippen LogP contribution is -2.43. The minimum Gasteiger partial charge on any atom is -0.508 e. The zero-order chi connectivity index (χ0) is 28.9. The number of aliphatic hydroxyl groups is 1. The van der Waals surface area contributed by atoms with E-state index in [2.05, 4.69) is 0 Å². The molecule has 0 amide bonds. The van der Waals surface area contributed by atoms with E-state index in [0.717, 1.165) is 36.4 Å². The number of aliphatic hydroxyl groups excluding tert-OH is 1. The van der Waals surface area contributed by atoms with Crippen LogP contribution in [0.5, 0.6) is 40.2 Å². The van der Waals surface area contributed by atoms with Crippen molar-refractivity contribution >= 4 is 11.6 Å². The van der Waals surface area contributed by atoms with Crippen molar-refractivity contribution in [3.63, 3.8) is 0 Å². The van der Waals surface area contributed by atoms with E-state index in [4.69, 9.17) is 0 Å². The third-order valence-electron chi connectivity index (χ3n) is 7.27. The summed E-state index contributed by atoms with van der Waals surface area (Å²) in [4.78, 5) is 28.2. The standard InChI is InChI=1S/C30H24O10/c31-14-3-1-13(2-4-14)25-19-11-23(36)24(37)12-20(19)30(40)27(29(39)18-8-6-16(33)10-22(18)35)26(25)28(38)17-7-5-15(32)9-21(17)34/h1-12,25-27,30-37,40H/t25-,26+,27+,30+/m1/s1. The molecule has 4 aromatic rings. The van der Waals surface area contributed by atoms with Gasteiger partial charge in [0.15, 0.2) is 23.1 Å². The van der Waals surface area contributed by atoms with Crippen LogP contribution in [0.1, 0.15) is 49.4 Å². The molecule has 0 heterocycles. The number of rotatable bonds is 5. The molecule has 1 aliphatic rings. The third-order valence-corrected chi connectivity index (χ3v) is 7.27. The Hall–Kier alpha value is -5.22. The van der Waals surface area contributed by atoms with Gasteiger partial charge >= 0.3 is 0 Å². The van der Waals surface area contributed by atoms with Crippen molar-refractivity contribution in [2.24, 2.45) is 11.8 Å². The highest BCUT2D eigenvalue weighted by Gasteiger charge is 2.51. The molecule has 4 atom stereocenters. The van der Waals surface area contributed by atoms with Crippen LogP contribution in [0.4, 0.5) is 0 Å². The lowest BCUT2D eigenvalue weighted by molar-refractivity contribution is 0.0372. The molecule has 8 N–H and O–H groups in total. The lowest BCUT2D eigenvalue weighted by atomic mass is 9.61.